The Hall–Kier alpha value is -2.28. The van der Waals surface area contributed by atoms with E-state index in [9.17, 15) is 14.4 Å². The number of nitrogens with one attached hydrogen (secondary N) is 2. The van der Waals surface area contributed by atoms with Crippen molar-refractivity contribution in [3.05, 3.63) is 28.8 Å². The molecule has 0 saturated carbocycles. The lowest BCUT2D eigenvalue weighted by Crippen LogP contribution is -2.43. The minimum absolute atomic E-state index is 0.361. The van der Waals surface area contributed by atoms with Gasteiger partial charge in [-0.25, -0.2) is 9.59 Å². The molecule has 0 spiro atoms. The molecule has 3 amide bonds. The molecule has 0 fully saturated rings. The van der Waals surface area contributed by atoms with Crippen LogP contribution in [0.1, 0.15) is 12.5 Å². The molecule has 2 N–H and O–H groups in total. The maximum Gasteiger partial charge on any atom is 0.344 e. The zero-order valence-electron chi connectivity index (χ0n) is 12.4. The highest BCUT2D eigenvalue weighted by Crippen LogP contribution is 2.21. The number of esters is 1. The number of aryl methyl sites for hydroxylation is 1. The van der Waals surface area contributed by atoms with E-state index in [2.05, 4.69) is 5.32 Å². The standard InChI is InChI=1S/C14H17ClN2O5/c1-8-6-10(15)4-5-11(8)21-7-12(18)22-9(2)13(19)17-14(20)16-3/h4-6,9H,7H2,1-3H3,(H2,16,17,19,20). The van der Waals surface area contributed by atoms with E-state index in [0.29, 0.717) is 10.8 Å². The van der Waals surface area contributed by atoms with Gasteiger partial charge in [0.15, 0.2) is 12.7 Å². The van der Waals surface area contributed by atoms with Crippen LogP contribution in [0.15, 0.2) is 18.2 Å². The maximum absolute atomic E-state index is 11.6. The fourth-order valence-corrected chi connectivity index (χ4v) is 1.70. The van der Waals surface area contributed by atoms with Gasteiger partial charge in [0.1, 0.15) is 5.75 Å². The van der Waals surface area contributed by atoms with Crippen molar-refractivity contribution >= 4 is 29.5 Å². The number of urea groups is 1. The highest BCUT2D eigenvalue weighted by molar-refractivity contribution is 6.30. The van der Waals surface area contributed by atoms with E-state index in [-0.39, 0.29) is 6.61 Å². The summed E-state index contributed by atoms with van der Waals surface area (Å²) in [7, 11) is 1.36. The molecule has 1 aromatic carbocycles. The van der Waals surface area contributed by atoms with Crippen molar-refractivity contribution < 1.29 is 23.9 Å². The Bertz CT molecular complexity index is 576. The molecule has 0 bridgehead atoms. The van der Waals surface area contributed by atoms with Crippen LogP contribution in [0.5, 0.6) is 5.75 Å². The normalized spacial score (nSPS) is 11.3. The van der Waals surface area contributed by atoms with E-state index in [1.54, 1.807) is 25.1 Å². The second-order valence-corrected chi connectivity index (χ2v) is 4.84. The number of rotatable bonds is 5. The Morgan fingerprint density at radius 1 is 1.32 bits per heavy atom. The molecular weight excluding hydrogens is 312 g/mol. The number of hydrogen-bond acceptors (Lipinski definition) is 5. The van der Waals surface area contributed by atoms with Crippen molar-refractivity contribution in [2.45, 2.75) is 20.0 Å². The molecule has 8 heteroatoms. The molecule has 0 aromatic heterocycles. The van der Waals surface area contributed by atoms with E-state index >= 15 is 0 Å². The van der Waals surface area contributed by atoms with Crippen LogP contribution in [0.2, 0.25) is 5.02 Å². The van der Waals surface area contributed by atoms with Crippen molar-refractivity contribution in [3.63, 3.8) is 0 Å². The Morgan fingerprint density at radius 3 is 2.59 bits per heavy atom. The van der Waals surface area contributed by atoms with Gasteiger partial charge in [-0.15, -0.1) is 0 Å². The summed E-state index contributed by atoms with van der Waals surface area (Å²) in [6.07, 6.45) is -1.11. The van der Waals surface area contributed by atoms with Crippen LogP contribution in [0.3, 0.4) is 0 Å². The van der Waals surface area contributed by atoms with Gasteiger partial charge < -0.3 is 14.8 Å². The van der Waals surface area contributed by atoms with Crippen LogP contribution in [-0.4, -0.2) is 37.7 Å². The van der Waals surface area contributed by atoms with E-state index < -0.39 is 24.0 Å². The molecule has 0 aliphatic carbocycles. The van der Waals surface area contributed by atoms with Crippen LogP contribution in [0, 0.1) is 6.92 Å². The van der Waals surface area contributed by atoms with Crippen LogP contribution in [-0.2, 0) is 14.3 Å². The summed E-state index contributed by atoms with van der Waals surface area (Å²) in [6, 6.07) is 4.28. The smallest absolute Gasteiger partial charge is 0.344 e. The molecule has 0 radical (unpaired) electrons. The highest BCUT2D eigenvalue weighted by atomic mass is 35.5. The van der Waals surface area contributed by atoms with Gasteiger partial charge in [-0.2, -0.15) is 0 Å². The lowest BCUT2D eigenvalue weighted by atomic mass is 10.2. The number of ether oxygens (including phenoxy) is 2. The Kier molecular flexibility index (Phi) is 6.65. The minimum Gasteiger partial charge on any atom is -0.482 e. The first-order valence-corrected chi connectivity index (χ1v) is 6.82. The van der Waals surface area contributed by atoms with Gasteiger partial charge in [-0.3, -0.25) is 10.1 Å². The van der Waals surface area contributed by atoms with Crippen LogP contribution >= 0.6 is 11.6 Å². The number of hydrogen-bond donors (Lipinski definition) is 2. The third kappa shape index (κ3) is 5.61. The molecule has 120 valence electrons. The predicted octanol–water partition coefficient (Wildman–Crippen LogP) is 1.41. The number of carbonyl (C=O) groups is 3. The molecule has 1 atom stereocenters. The lowest BCUT2D eigenvalue weighted by Gasteiger charge is -2.13. The fraction of sp³-hybridized carbons (Fsp3) is 0.357. The zero-order valence-corrected chi connectivity index (χ0v) is 13.2. The summed E-state index contributed by atoms with van der Waals surface area (Å²) in [5.74, 6) is -0.965. The summed E-state index contributed by atoms with van der Waals surface area (Å²) in [5.41, 5.74) is 0.769. The van der Waals surface area contributed by atoms with E-state index in [1.807, 2.05) is 5.32 Å². The Morgan fingerprint density at radius 2 is 2.00 bits per heavy atom. The van der Waals surface area contributed by atoms with Gasteiger partial charge in [-0.1, -0.05) is 11.6 Å². The first-order chi connectivity index (χ1) is 10.3. The molecule has 0 aliphatic rings. The summed E-state index contributed by atoms with van der Waals surface area (Å²) >= 11 is 5.81. The van der Waals surface area contributed by atoms with Crippen molar-refractivity contribution in [2.75, 3.05) is 13.7 Å². The molecule has 0 heterocycles. The van der Waals surface area contributed by atoms with Gasteiger partial charge in [-0.05, 0) is 37.6 Å². The maximum atomic E-state index is 11.6. The molecule has 7 nitrogen and oxygen atoms in total. The third-order valence-corrected chi connectivity index (χ3v) is 2.86. The minimum atomic E-state index is -1.11. The zero-order chi connectivity index (χ0) is 16.7. The average Bonchev–Trinajstić information content (AvgIpc) is 2.45. The summed E-state index contributed by atoms with van der Waals surface area (Å²) in [5, 5.41) is 4.78. The van der Waals surface area contributed by atoms with E-state index in [4.69, 9.17) is 21.1 Å². The molecule has 0 aliphatic heterocycles. The Labute approximate surface area is 132 Å². The summed E-state index contributed by atoms with van der Waals surface area (Å²) in [4.78, 5) is 34.1. The number of halogens is 1. The summed E-state index contributed by atoms with van der Waals surface area (Å²) < 4.78 is 10.2. The van der Waals surface area contributed by atoms with Gasteiger partial charge in [0.25, 0.3) is 5.91 Å². The van der Waals surface area contributed by atoms with Crippen molar-refractivity contribution in [1.82, 2.24) is 10.6 Å². The Balaban J connectivity index is 2.45. The molecular formula is C14H17ClN2O5. The SMILES string of the molecule is CNC(=O)NC(=O)C(C)OC(=O)COc1ccc(Cl)cc1C. The second kappa shape index (κ2) is 8.23. The van der Waals surface area contributed by atoms with E-state index in [0.717, 1.165) is 5.56 Å². The van der Waals surface area contributed by atoms with Crippen molar-refractivity contribution in [2.24, 2.45) is 0 Å². The number of amides is 3. The number of benzene rings is 1. The molecule has 1 rings (SSSR count). The average molecular weight is 329 g/mol. The largest absolute Gasteiger partial charge is 0.482 e. The quantitative estimate of drug-likeness (QED) is 0.797. The monoisotopic (exact) mass is 328 g/mol. The highest BCUT2D eigenvalue weighted by Gasteiger charge is 2.19. The lowest BCUT2D eigenvalue weighted by molar-refractivity contribution is -0.156. The van der Waals surface area contributed by atoms with Gasteiger partial charge in [0.05, 0.1) is 0 Å². The number of carbonyl (C=O) groups excluding carboxylic acids is 3. The summed E-state index contributed by atoms with van der Waals surface area (Å²) in [6.45, 7) is 2.77. The van der Waals surface area contributed by atoms with Crippen molar-refractivity contribution in [1.29, 1.82) is 0 Å². The predicted molar refractivity (Wildman–Crippen MR) is 79.8 cm³/mol. The number of imide groups is 1. The van der Waals surface area contributed by atoms with Gasteiger partial charge >= 0.3 is 12.0 Å². The molecule has 0 saturated heterocycles. The van der Waals surface area contributed by atoms with Gasteiger partial charge in [0.2, 0.25) is 0 Å². The van der Waals surface area contributed by atoms with Crippen LogP contribution in [0.4, 0.5) is 4.79 Å². The molecule has 22 heavy (non-hydrogen) atoms. The van der Waals surface area contributed by atoms with Gasteiger partial charge in [0, 0.05) is 12.1 Å². The van der Waals surface area contributed by atoms with Crippen LogP contribution in [0.25, 0.3) is 0 Å². The third-order valence-electron chi connectivity index (χ3n) is 2.62. The van der Waals surface area contributed by atoms with Crippen LogP contribution < -0.4 is 15.4 Å². The first-order valence-electron chi connectivity index (χ1n) is 6.44. The van der Waals surface area contributed by atoms with E-state index in [1.165, 1.54) is 14.0 Å². The molecule has 1 unspecified atom stereocenters. The first kappa shape index (κ1) is 17.8. The second-order valence-electron chi connectivity index (χ2n) is 4.40. The van der Waals surface area contributed by atoms with Crippen molar-refractivity contribution in [3.8, 4) is 5.75 Å². The topological polar surface area (TPSA) is 93.7 Å². The fourth-order valence-electron chi connectivity index (χ4n) is 1.47. The molecule has 1 aromatic rings.